The summed E-state index contributed by atoms with van der Waals surface area (Å²) in [4.78, 5) is 4.60. The molecule has 1 spiro atoms. The summed E-state index contributed by atoms with van der Waals surface area (Å²) in [6, 6.07) is 71.4. The van der Waals surface area contributed by atoms with Crippen LogP contribution in [0.25, 0.3) is 43.5 Å². The van der Waals surface area contributed by atoms with Crippen molar-refractivity contribution in [1.29, 1.82) is 0 Å². The van der Waals surface area contributed by atoms with Gasteiger partial charge in [0, 0.05) is 43.3 Å². The summed E-state index contributed by atoms with van der Waals surface area (Å²) in [6.07, 6.45) is -4.45. The van der Waals surface area contributed by atoms with Gasteiger partial charge in [-0.2, -0.15) is 13.2 Å². The van der Waals surface area contributed by atoms with Crippen LogP contribution in [0, 0.1) is 0 Å². The minimum atomic E-state index is -4.45. The number of para-hydroxylation sites is 1. The van der Waals surface area contributed by atoms with E-state index >= 15 is 0 Å². The summed E-state index contributed by atoms with van der Waals surface area (Å²) < 4.78 is 44.5. The molecule has 10 aromatic rings. The Balaban J connectivity index is 1.07. The van der Waals surface area contributed by atoms with Gasteiger partial charge in [0.05, 0.1) is 16.7 Å². The molecule has 0 saturated heterocycles. The first-order chi connectivity index (χ1) is 31.9. The standard InChI is InChI=1S/C58H34BF3N2S/c60-58(61,62)37-27-29-39(30-28-37)63-50-24-13-25-51-54(50)59(49-31-26-36(32-52(49)63)35-14-3-1-4-15-35)56-55(64(51)38-16-5-2-6-17-38)44-33-43-42-20-9-12-23-47(42)57(48(43)34-53(44)65-56)45-21-10-7-18-40(45)41-19-8-11-22-46(41)57/h1-34H. The largest absolute Gasteiger partial charge is 0.416 e. The van der Waals surface area contributed by atoms with Crippen molar-refractivity contribution in [2.24, 2.45) is 0 Å². The highest BCUT2D eigenvalue weighted by Crippen LogP contribution is 2.64. The summed E-state index contributed by atoms with van der Waals surface area (Å²) in [7, 11) is 0. The van der Waals surface area contributed by atoms with Crippen LogP contribution in [-0.4, -0.2) is 6.71 Å². The van der Waals surface area contributed by atoms with Crippen molar-refractivity contribution in [3.8, 4) is 33.4 Å². The fourth-order valence-electron chi connectivity index (χ4n) is 11.7. The zero-order valence-corrected chi connectivity index (χ0v) is 35.5. The van der Waals surface area contributed by atoms with Gasteiger partial charge >= 0.3 is 6.18 Å². The van der Waals surface area contributed by atoms with Gasteiger partial charge in [0.1, 0.15) is 0 Å². The number of fused-ring (bicyclic) bond motifs is 16. The molecule has 2 nitrogen and oxygen atoms in total. The number of alkyl halides is 3. The summed E-state index contributed by atoms with van der Waals surface area (Å²) in [6.45, 7) is -0.150. The molecule has 0 unspecified atom stereocenters. The number of halogens is 3. The highest BCUT2D eigenvalue weighted by atomic mass is 32.1. The number of hydrogen-bond acceptors (Lipinski definition) is 3. The highest BCUT2D eigenvalue weighted by Gasteiger charge is 2.52. The molecule has 9 aromatic carbocycles. The molecular weight excluding hydrogens is 825 g/mol. The molecule has 65 heavy (non-hydrogen) atoms. The monoisotopic (exact) mass is 858 g/mol. The molecule has 0 saturated carbocycles. The third kappa shape index (κ3) is 4.91. The van der Waals surface area contributed by atoms with Crippen molar-refractivity contribution >= 4 is 78.0 Å². The minimum Gasteiger partial charge on any atom is -0.311 e. The first-order valence-corrected chi connectivity index (χ1v) is 22.8. The Kier molecular flexibility index (Phi) is 7.49. The van der Waals surface area contributed by atoms with Gasteiger partial charge in [0.15, 0.2) is 0 Å². The average Bonchev–Trinajstić information content (AvgIpc) is 3.97. The fourth-order valence-corrected chi connectivity index (χ4v) is 13.1. The van der Waals surface area contributed by atoms with Crippen LogP contribution >= 0.6 is 11.3 Å². The molecule has 1 aromatic heterocycles. The summed E-state index contributed by atoms with van der Waals surface area (Å²) in [5.74, 6) is 0. The molecule has 0 N–H and O–H groups in total. The van der Waals surface area contributed by atoms with Crippen molar-refractivity contribution in [2.45, 2.75) is 11.6 Å². The Hall–Kier alpha value is -7.61. The molecule has 0 radical (unpaired) electrons. The van der Waals surface area contributed by atoms with Crippen LogP contribution in [0.2, 0.25) is 0 Å². The lowest BCUT2D eigenvalue weighted by Gasteiger charge is -2.43. The predicted octanol–water partition coefficient (Wildman–Crippen LogP) is 14.0. The van der Waals surface area contributed by atoms with Gasteiger partial charge in [0.2, 0.25) is 0 Å². The minimum absolute atomic E-state index is 0.150. The Morgan fingerprint density at radius 2 is 1.02 bits per heavy atom. The summed E-state index contributed by atoms with van der Waals surface area (Å²) in [5.41, 5.74) is 19.3. The molecule has 3 heterocycles. The number of rotatable bonds is 3. The fraction of sp³-hybridized carbons (Fsp3) is 0.0345. The lowest BCUT2D eigenvalue weighted by atomic mass is 9.36. The second kappa shape index (κ2) is 13.2. The zero-order chi connectivity index (χ0) is 43.2. The maximum absolute atomic E-state index is 14.0. The van der Waals surface area contributed by atoms with Crippen LogP contribution in [0.5, 0.6) is 0 Å². The SMILES string of the molecule is FC(F)(F)c1ccc(N2c3cc(-c4ccccc4)ccc3B3c4sc5cc6c(cc5c4N(c4ccccc4)c4cccc2c43)-c2ccccc2C62c3ccccc3-c3ccccc32)cc1. The number of anilines is 6. The highest BCUT2D eigenvalue weighted by molar-refractivity contribution is 7.33. The van der Waals surface area contributed by atoms with E-state index < -0.39 is 17.2 Å². The average molecular weight is 859 g/mol. The first-order valence-electron chi connectivity index (χ1n) is 21.9. The van der Waals surface area contributed by atoms with Gasteiger partial charge in [0.25, 0.3) is 6.71 Å². The van der Waals surface area contributed by atoms with Crippen LogP contribution in [0.15, 0.2) is 206 Å². The van der Waals surface area contributed by atoms with E-state index in [1.807, 2.05) is 29.5 Å². The van der Waals surface area contributed by atoms with E-state index in [9.17, 15) is 13.2 Å². The number of hydrogen-bond donors (Lipinski definition) is 0. The third-order valence-electron chi connectivity index (χ3n) is 14.3. The second-order valence-corrected chi connectivity index (χ2v) is 18.5. The van der Waals surface area contributed by atoms with Crippen molar-refractivity contribution in [3.05, 3.63) is 234 Å². The van der Waals surface area contributed by atoms with Crippen molar-refractivity contribution in [3.63, 3.8) is 0 Å². The lowest BCUT2D eigenvalue weighted by molar-refractivity contribution is -0.137. The number of nitrogens with zero attached hydrogens (tertiary/aromatic N) is 2. The van der Waals surface area contributed by atoms with Gasteiger partial charge in [-0.3, -0.25) is 0 Å². The van der Waals surface area contributed by atoms with Gasteiger partial charge in [-0.15, -0.1) is 11.3 Å². The lowest BCUT2D eigenvalue weighted by Crippen LogP contribution is -2.60. The molecule has 2 aliphatic carbocycles. The van der Waals surface area contributed by atoms with Crippen LogP contribution in [0.3, 0.4) is 0 Å². The van der Waals surface area contributed by atoms with Crippen LogP contribution in [0.4, 0.5) is 47.3 Å². The van der Waals surface area contributed by atoms with E-state index in [0.29, 0.717) is 5.69 Å². The Morgan fingerprint density at radius 1 is 0.446 bits per heavy atom. The molecule has 0 bridgehead atoms. The molecule has 0 atom stereocenters. The Morgan fingerprint density at radius 3 is 1.66 bits per heavy atom. The number of thiophene rings is 1. The van der Waals surface area contributed by atoms with E-state index in [4.69, 9.17) is 0 Å². The van der Waals surface area contributed by atoms with E-state index in [0.717, 1.165) is 44.8 Å². The van der Waals surface area contributed by atoms with Crippen molar-refractivity contribution < 1.29 is 13.2 Å². The topological polar surface area (TPSA) is 6.48 Å². The van der Waals surface area contributed by atoms with E-state index in [-0.39, 0.29) is 6.71 Å². The van der Waals surface area contributed by atoms with Gasteiger partial charge in [-0.1, -0.05) is 140 Å². The molecule has 0 amide bonds. The molecule has 2 aliphatic heterocycles. The van der Waals surface area contributed by atoms with E-state index in [2.05, 4.69) is 174 Å². The molecular formula is C58H34BF3N2S. The molecule has 306 valence electrons. The molecule has 0 fully saturated rings. The summed E-state index contributed by atoms with van der Waals surface area (Å²) in [5, 5.41) is 1.20. The first kappa shape index (κ1) is 36.8. The smallest absolute Gasteiger partial charge is 0.311 e. The molecule has 14 rings (SSSR count). The van der Waals surface area contributed by atoms with E-state index in [1.54, 1.807) is 12.1 Å². The Labute approximate surface area is 378 Å². The molecule has 4 aliphatic rings. The normalized spacial score (nSPS) is 14.4. The van der Waals surface area contributed by atoms with Crippen LogP contribution < -0.4 is 25.5 Å². The van der Waals surface area contributed by atoms with Crippen molar-refractivity contribution in [2.75, 3.05) is 9.80 Å². The zero-order valence-electron chi connectivity index (χ0n) is 34.6. The van der Waals surface area contributed by atoms with E-state index in [1.165, 1.54) is 77.2 Å². The molecule has 7 heteroatoms. The van der Waals surface area contributed by atoms with Gasteiger partial charge < -0.3 is 9.80 Å². The maximum Gasteiger partial charge on any atom is 0.416 e. The van der Waals surface area contributed by atoms with Crippen LogP contribution in [0.1, 0.15) is 27.8 Å². The number of benzene rings is 9. The van der Waals surface area contributed by atoms with Crippen molar-refractivity contribution in [1.82, 2.24) is 0 Å². The maximum atomic E-state index is 14.0. The Bertz CT molecular complexity index is 3570. The predicted molar refractivity (Wildman–Crippen MR) is 263 cm³/mol. The second-order valence-electron chi connectivity index (χ2n) is 17.4. The third-order valence-corrected chi connectivity index (χ3v) is 15.5. The van der Waals surface area contributed by atoms with Crippen LogP contribution in [-0.2, 0) is 11.6 Å². The summed E-state index contributed by atoms with van der Waals surface area (Å²) >= 11 is 1.87. The quantitative estimate of drug-likeness (QED) is 0.163. The van der Waals surface area contributed by atoms with Gasteiger partial charge in [-0.05, 0) is 133 Å². The van der Waals surface area contributed by atoms with Gasteiger partial charge in [-0.25, -0.2) is 0 Å².